The Kier molecular flexibility index (Phi) is 5.38. The molecule has 168 valence electrons. The maximum absolute atomic E-state index is 13.2. The number of nitrogens with zero attached hydrogens (tertiary/aromatic N) is 1. The average molecular weight is 443 g/mol. The summed E-state index contributed by atoms with van der Waals surface area (Å²) in [6.07, 6.45) is -1.58. The number of aliphatic hydroxyl groups is 1. The van der Waals surface area contributed by atoms with Gasteiger partial charge in [-0.15, -0.1) is 0 Å². The molecule has 1 heterocycles. The molecule has 0 aromatic heterocycles. The van der Waals surface area contributed by atoms with Crippen LogP contribution in [0.4, 0.5) is 4.79 Å². The van der Waals surface area contributed by atoms with E-state index in [1.165, 1.54) is 4.90 Å². The first-order valence-electron chi connectivity index (χ1n) is 11.1. The van der Waals surface area contributed by atoms with E-state index in [-0.39, 0.29) is 31.9 Å². The number of rotatable bonds is 5. The van der Waals surface area contributed by atoms with Crippen LogP contribution in [0.3, 0.4) is 0 Å². The summed E-state index contributed by atoms with van der Waals surface area (Å²) in [6, 6.07) is 25.2. The summed E-state index contributed by atoms with van der Waals surface area (Å²) in [5.41, 5.74) is 3.64. The third kappa shape index (κ3) is 3.66. The van der Waals surface area contributed by atoms with Gasteiger partial charge in [0.25, 0.3) is 0 Å². The molecular formula is C27H25NO5. The molecule has 2 atom stereocenters. The second-order valence-corrected chi connectivity index (χ2v) is 8.77. The second-order valence-electron chi connectivity index (χ2n) is 8.77. The Balaban J connectivity index is 1.39. The second kappa shape index (κ2) is 8.37. The molecule has 3 aromatic carbocycles. The number of fused-ring (bicyclic) bond motifs is 3. The molecule has 6 heteroatoms. The van der Waals surface area contributed by atoms with E-state index in [0.29, 0.717) is 0 Å². The number of aliphatic hydroxyl groups excluding tert-OH is 1. The Hall–Kier alpha value is -3.64. The van der Waals surface area contributed by atoms with E-state index < -0.39 is 23.7 Å². The van der Waals surface area contributed by atoms with Crippen molar-refractivity contribution >= 4 is 12.1 Å². The Morgan fingerprint density at radius 3 is 2.09 bits per heavy atom. The number of aliphatic carboxylic acids is 1. The van der Waals surface area contributed by atoms with Crippen LogP contribution >= 0.6 is 0 Å². The largest absolute Gasteiger partial charge is 0.479 e. The Morgan fingerprint density at radius 2 is 1.48 bits per heavy atom. The van der Waals surface area contributed by atoms with Gasteiger partial charge in [-0.25, -0.2) is 9.59 Å². The van der Waals surface area contributed by atoms with Crippen molar-refractivity contribution in [3.05, 3.63) is 95.6 Å². The van der Waals surface area contributed by atoms with Gasteiger partial charge in [0.15, 0.2) is 0 Å². The predicted octanol–water partition coefficient (Wildman–Crippen LogP) is 4.07. The number of benzene rings is 3. The van der Waals surface area contributed by atoms with Crippen LogP contribution in [0.2, 0.25) is 0 Å². The maximum atomic E-state index is 13.2. The first kappa shape index (κ1) is 21.2. The van der Waals surface area contributed by atoms with E-state index in [2.05, 4.69) is 12.1 Å². The van der Waals surface area contributed by atoms with E-state index in [1.54, 1.807) is 0 Å². The quantitative estimate of drug-likeness (QED) is 0.621. The Labute approximate surface area is 192 Å². The van der Waals surface area contributed by atoms with Gasteiger partial charge in [0.2, 0.25) is 0 Å². The number of likely N-dealkylation sites (tertiary alicyclic amines) is 1. The van der Waals surface area contributed by atoms with Crippen molar-refractivity contribution in [3.8, 4) is 11.1 Å². The molecule has 0 spiro atoms. The van der Waals surface area contributed by atoms with Gasteiger partial charge >= 0.3 is 12.1 Å². The SMILES string of the molecule is O=C(OCC1c2ccccc2-c2ccccc21)N1C[C@@H](O)C[C@@]1(Cc1ccccc1)C(=O)O. The number of hydrogen-bond acceptors (Lipinski definition) is 4. The van der Waals surface area contributed by atoms with Gasteiger partial charge in [0, 0.05) is 18.8 Å². The third-order valence-electron chi connectivity index (χ3n) is 6.78. The minimum atomic E-state index is -1.55. The van der Waals surface area contributed by atoms with Crippen molar-refractivity contribution in [1.82, 2.24) is 4.90 Å². The number of β-amino-alcohol motifs (C(OH)–C–C–N with tert-alkyl or cyclic N) is 1. The van der Waals surface area contributed by atoms with Gasteiger partial charge in [-0.05, 0) is 27.8 Å². The van der Waals surface area contributed by atoms with Crippen LogP contribution in [0.1, 0.15) is 29.0 Å². The van der Waals surface area contributed by atoms with E-state index in [4.69, 9.17) is 4.74 Å². The van der Waals surface area contributed by atoms with Crippen molar-refractivity contribution in [3.63, 3.8) is 0 Å². The molecule has 5 rings (SSSR count). The van der Waals surface area contributed by atoms with Crippen molar-refractivity contribution in [1.29, 1.82) is 0 Å². The van der Waals surface area contributed by atoms with Gasteiger partial charge in [-0.2, -0.15) is 0 Å². The molecule has 1 fully saturated rings. The van der Waals surface area contributed by atoms with Crippen LogP contribution in [0.15, 0.2) is 78.9 Å². The molecule has 2 aliphatic rings. The molecule has 2 N–H and O–H groups in total. The molecular weight excluding hydrogens is 418 g/mol. The Morgan fingerprint density at radius 1 is 0.909 bits per heavy atom. The van der Waals surface area contributed by atoms with Gasteiger partial charge < -0.3 is 14.9 Å². The van der Waals surface area contributed by atoms with Crippen molar-refractivity contribution in [2.45, 2.75) is 30.4 Å². The van der Waals surface area contributed by atoms with E-state index >= 15 is 0 Å². The topological polar surface area (TPSA) is 87.1 Å². The fraction of sp³-hybridized carbons (Fsp3) is 0.259. The van der Waals surface area contributed by atoms with Gasteiger partial charge in [0.1, 0.15) is 12.1 Å². The zero-order valence-electron chi connectivity index (χ0n) is 18.1. The molecule has 0 radical (unpaired) electrons. The number of ether oxygens (including phenoxy) is 1. The lowest BCUT2D eigenvalue weighted by Crippen LogP contribution is -2.54. The van der Waals surface area contributed by atoms with Crippen LogP contribution in [0, 0.1) is 0 Å². The summed E-state index contributed by atoms with van der Waals surface area (Å²) >= 11 is 0. The van der Waals surface area contributed by atoms with E-state index in [1.807, 2.05) is 66.7 Å². The number of amides is 1. The minimum absolute atomic E-state index is 0.0403. The fourth-order valence-corrected chi connectivity index (χ4v) is 5.25. The number of carbonyl (C=O) groups excluding carboxylic acids is 1. The fourth-order valence-electron chi connectivity index (χ4n) is 5.25. The zero-order chi connectivity index (χ0) is 23.0. The molecule has 1 aliphatic heterocycles. The van der Waals surface area contributed by atoms with E-state index in [0.717, 1.165) is 27.8 Å². The van der Waals surface area contributed by atoms with Gasteiger partial charge in [-0.1, -0.05) is 78.9 Å². The summed E-state index contributed by atoms with van der Waals surface area (Å²) < 4.78 is 5.73. The highest BCUT2D eigenvalue weighted by Gasteiger charge is 2.54. The Bertz CT molecular complexity index is 1150. The molecule has 0 unspecified atom stereocenters. The van der Waals surface area contributed by atoms with Crippen LogP contribution < -0.4 is 0 Å². The first-order valence-corrected chi connectivity index (χ1v) is 11.1. The highest BCUT2D eigenvalue weighted by Crippen LogP contribution is 2.44. The smallest absolute Gasteiger partial charge is 0.410 e. The lowest BCUT2D eigenvalue weighted by molar-refractivity contribution is -0.149. The molecule has 0 saturated carbocycles. The molecule has 6 nitrogen and oxygen atoms in total. The zero-order valence-corrected chi connectivity index (χ0v) is 18.1. The molecule has 1 aliphatic carbocycles. The lowest BCUT2D eigenvalue weighted by Gasteiger charge is -2.34. The summed E-state index contributed by atoms with van der Waals surface area (Å²) in [4.78, 5) is 26.8. The summed E-state index contributed by atoms with van der Waals surface area (Å²) in [6.45, 7) is 0.0241. The van der Waals surface area contributed by atoms with Crippen molar-refractivity contribution < 1.29 is 24.5 Å². The average Bonchev–Trinajstić information content (AvgIpc) is 3.33. The summed E-state index contributed by atoms with van der Waals surface area (Å²) in [5, 5.41) is 20.5. The normalized spacial score (nSPS) is 21.5. The summed E-state index contributed by atoms with van der Waals surface area (Å²) in [7, 11) is 0. The molecule has 1 amide bonds. The molecule has 0 bridgehead atoms. The monoisotopic (exact) mass is 443 g/mol. The molecule has 33 heavy (non-hydrogen) atoms. The standard InChI is InChI=1S/C27H25NO5/c29-19-15-27(25(30)31,14-18-8-2-1-3-9-18)28(16-19)26(32)33-17-24-22-12-6-4-10-20(22)21-11-5-7-13-23(21)24/h1-13,19,24,29H,14-17H2,(H,30,31)/t19-,27-/m0/s1. The van der Waals surface area contributed by atoms with Crippen molar-refractivity contribution in [2.75, 3.05) is 13.2 Å². The number of hydrogen-bond donors (Lipinski definition) is 2. The predicted molar refractivity (Wildman–Crippen MR) is 123 cm³/mol. The molecule has 3 aromatic rings. The highest BCUT2D eigenvalue weighted by molar-refractivity contribution is 5.86. The van der Waals surface area contributed by atoms with Crippen LogP contribution in [-0.4, -0.2) is 52.0 Å². The molecule has 1 saturated heterocycles. The number of carboxylic acids is 1. The van der Waals surface area contributed by atoms with Crippen LogP contribution in [0.25, 0.3) is 11.1 Å². The first-order chi connectivity index (χ1) is 16.0. The number of carbonyl (C=O) groups is 2. The van der Waals surface area contributed by atoms with Crippen LogP contribution in [0.5, 0.6) is 0 Å². The van der Waals surface area contributed by atoms with Gasteiger partial charge in [0.05, 0.1) is 12.6 Å². The maximum Gasteiger partial charge on any atom is 0.410 e. The number of carboxylic acid groups (broad SMARTS) is 1. The summed E-state index contributed by atoms with van der Waals surface area (Å²) in [5.74, 6) is -1.27. The van der Waals surface area contributed by atoms with E-state index in [9.17, 15) is 19.8 Å². The van der Waals surface area contributed by atoms with Crippen molar-refractivity contribution in [2.24, 2.45) is 0 Å². The minimum Gasteiger partial charge on any atom is -0.479 e. The highest BCUT2D eigenvalue weighted by atomic mass is 16.6. The van der Waals surface area contributed by atoms with Crippen LogP contribution in [-0.2, 0) is 16.0 Å². The lowest BCUT2D eigenvalue weighted by atomic mass is 9.88. The van der Waals surface area contributed by atoms with Gasteiger partial charge in [-0.3, -0.25) is 4.90 Å². The third-order valence-corrected chi connectivity index (χ3v) is 6.78.